The van der Waals surface area contributed by atoms with Crippen molar-refractivity contribution >= 4 is 11.9 Å². The van der Waals surface area contributed by atoms with Crippen LogP contribution in [0.1, 0.15) is 226 Å². The lowest BCUT2D eigenvalue weighted by atomic mass is 10.0. The fourth-order valence-electron chi connectivity index (χ4n) is 7.10. The smallest absolute Gasteiger partial charge is 0.306 e. The van der Waals surface area contributed by atoms with E-state index in [1.165, 1.54) is 96.3 Å². The molecule has 0 aromatic carbocycles. The van der Waals surface area contributed by atoms with Crippen LogP contribution in [0.5, 0.6) is 0 Å². The van der Waals surface area contributed by atoms with Gasteiger partial charge in [-0.25, -0.2) is 0 Å². The van der Waals surface area contributed by atoms with Crippen LogP contribution in [0.15, 0.2) is 72.9 Å². The molecule has 0 saturated heterocycles. The Morgan fingerprint density at radius 3 is 1.29 bits per heavy atom. The van der Waals surface area contributed by atoms with Gasteiger partial charge >= 0.3 is 5.97 Å². The number of ether oxygens (including phenoxy) is 1. The highest BCUT2D eigenvalue weighted by Gasteiger charge is 2.24. The summed E-state index contributed by atoms with van der Waals surface area (Å²) in [6.45, 7) is 6.32. The third-order valence-electron chi connectivity index (χ3n) is 10.8. The van der Waals surface area contributed by atoms with E-state index in [2.05, 4.69) is 92.9 Å². The maximum absolute atomic E-state index is 13.1. The van der Waals surface area contributed by atoms with Crippen LogP contribution < -0.4 is 5.32 Å². The van der Waals surface area contributed by atoms with Crippen LogP contribution in [0.25, 0.3) is 0 Å². The molecule has 0 spiro atoms. The summed E-state index contributed by atoms with van der Waals surface area (Å²) in [7, 11) is 0. The molecular formula is C53H93NO5. The van der Waals surface area contributed by atoms with Crippen molar-refractivity contribution in [3.63, 3.8) is 0 Å². The van der Waals surface area contributed by atoms with Gasteiger partial charge in [0.1, 0.15) is 6.10 Å². The highest BCUT2D eigenvalue weighted by molar-refractivity contribution is 5.77. The maximum atomic E-state index is 13.1. The van der Waals surface area contributed by atoms with Crippen molar-refractivity contribution in [2.45, 2.75) is 244 Å². The molecule has 6 heteroatoms. The highest BCUT2D eigenvalue weighted by atomic mass is 16.5. The van der Waals surface area contributed by atoms with Gasteiger partial charge in [-0.3, -0.25) is 9.59 Å². The summed E-state index contributed by atoms with van der Waals surface area (Å²) in [4.78, 5) is 26.0. The Morgan fingerprint density at radius 1 is 0.508 bits per heavy atom. The van der Waals surface area contributed by atoms with E-state index < -0.39 is 18.2 Å². The lowest BCUT2D eigenvalue weighted by Gasteiger charge is -2.24. The van der Waals surface area contributed by atoms with Gasteiger partial charge in [-0.1, -0.05) is 222 Å². The average molecular weight is 824 g/mol. The first kappa shape index (κ1) is 56.3. The number of aliphatic hydroxyl groups is 2. The second-order valence-electron chi connectivity index (χ2n) is 16.5. The van der Waals surface area contributed by atoms with Crippen LogP contribution in [0.3, 0.4) is 0 Å². The number of aliphatic hydroxyl groups excluding tert-OH is 2. The number of allylic oxidation sites excluding steroid dienone is 12. The van der Waals surface area contributed by atoms with Gasteiger partial charge in [0, 0.05) is 6.42 Å². The van der Waals surface area contributed by atoms with Gasteiger partial charge in [0.25, 0.3) is 0 Å². The zero-order valence-corrected chi connectivity index (χ0v) is 38.6. The molecule has 59 heavy (non-hydrogen) atoms. The van der Waals surface area contributed by atoms with Crippen LogP contribution in [-0.4, -0.2) is 46.9 Å². The van der Waals surface area contributed by atoms with E-state index in [9.17, 15) is 19.8 Å². The molecule has 6 nitrogen and oxygen atoms in total. The fourth-order valence-corrected chi connectivity index (χ4v) is 7.10. The zero-order chi connectivity index (χ0) is 43.1. The molecule has 3 unspecified atom stereocenters. The van der Waals surface area contributed by atoms with Crippen LogP contribution in [-0.2, 0) is 14.3 Å². The summed E-state index contributed by atoms with van der Waals surface area (Å²) in [5, 5.41) is 23.7. The van der Waals surface area contributed by atoms with E-state index in [1.807, 2.05) is 6.08 Å². The first-order valence-electron chi connectivity index (χ1n) is 24.7. The molecule has 0 fully saturated rings. The zero-order valence-electron chi connectivity index (χ0n) is 38.6. The van der Waals surface area contributed by atoms with Crippen molar-refractivity contribution in [1.29, 1.82) is 0 Å². The van der Waals surface area contributed by atoms with Crippen molar-refractivity contribution in [2.75, 3.05) is 6.61 Å². The van der Waals surface area contributed by atoms with Crippen molar-refractivity contribution in [1.82, 2.24) is 5.32 Å². The molecule has 0 radical (unpaired) electrons. The van der Waals surface area contributed by atoms with Crippen molar-refractivity contribution in [3.8, 4) is 0 Å². The number of hydrogen-bond donors (Lipinski definition) is 3. The molecule has 0 aromatic rings. The largest absolute Gasteiger partial charge is 0.462 e. The second kappa shape index (κ2) is 46.4. The standard InChI is InChI=1S/C53H93NO5/c1-4-7-10-13-16-19-21-23-24-25-26-27-28-30-32-34-37-40-43-46-53(58)59-49(44-41-38-35-18-15-12-9-6-3)47-52(57)54-50(48-55)51(56)45-42-39-36-33-31-29-22-20-17-14-11-8-5-2/h7,10,16,19,23-24,26-27,30,32,37,40,49-51,55-56H,4-6,8-9,11-15,17-18,20-22,25,28-29,31,33-36,38-39,41-48H2,1-3H3,(H,54,57)/b10-7-,19-16-,24-23-,27-26-,32-30-,40-37-. The summed E-state index contributed by atoms with van der Waals surface area (Å²) in [5.74, 6) is -0.578. The number of unbranched alkanes of at least 4 members (excludes halogenated alkanes) is 19. The topological polar surface area (TPSA) is 95.9 Å². The predicted molar refractivity (Wildman–Crippen MR) is 255 cm³/mol. The Hall–Kier alpha value is -2.70. The molecule has 3 N–H and O–H groups in total. The molecule has 0 aliphatic rings. The van der Waals surface area contributed by atoms with E-state index in [0.717, 1.165) is 77.0 Å². The first-order valence-corrected chi connectivity index (χ1v) is 24.7. The molecule has 0 aromatic heterocycles. The van der Waals surface area contributed by atoms with E-state index in [1.54, 1.807) is 0 Å². The number of esters is 1. The van der Waals surface area contributed by atoms with Gasteiger partial charge in [0.15, 0.2) is 0 Å². The summed E-state index contributed by atoms with van der Waals surface area (Å²) < 4.78 is 5.86. The third kappa shape index (κ3) is 41.8. The second-order valence-corrected chi connectivity index (χ2v) is 16.5. The van der Waals surface area contributed by atoms with Crippen molar-refractivity contribution in [3.05, 3.63) is 72.9 Å². The molecule has 340 valence electrons. The van der Waals surface area contributed by atoms with E-state index in [4.69, 9.17) is 4.74 Å². The fraction of sp³-hybridized carbons (Fsp3) is 0.736. The van der Waals surface area contributed by atoms with Gasteiger partial charge in [0.2, 0.25) is 5.91 Å². The number of rotatable bonds is 43. The van der Waals surface area contributed by atoms with Gasteiger partial charge in [-0.2, -0.15) is 0 Å². The number of carbonyl (C=O) groups is 2. The van der Waals surface area contributed by atoms with Gasteiger partial charge < -0.3 is 20.3 Å². The number of hydrogen-bond acceptors (Lipinski definition) is 5. The van der Waals surface area contributed by atoms with Gasteiger partial charge in [0.05, 0.1) is 25.2 Å². The monoisotopic (exact) mass is 824 g/mol. The van der Waals surface area contributed by atoms with Crippen LogP contribution >= 0.6 is 0 Å². The van der Waals surface area contributed by atoms with Gasteiger partial charge in [-0.15, -0.1) is 0 Å². The van der Waals surface area contributed by atoms with Crippen molar-refractivity contribution in [2.24, 2.45) is 0 Å². The van der Waals surface area contributed by atoms with Gasteiger partial charge in [-0.05, 0) is 64.2 Å². The molecule has 0 heterocycles. The van der Waals surface area contributed by atoms with Crippen molar-refractivity contribution < 1.29 is 24.5 Å². The quantitative estimate of drug-likeness (QED) is 0.0323. The van der Waals surface area contributed by atoms with Crippen LogP contribution in [0, 0.1) is 0 Å². The van der Waals surface area contributed by atoms with Crippen LogP contribution in [0.2, 0.25) is 0 Å². The normalized spacial score (nSPS) is 13.9. The summed E-state index contributed by atoms with van der Waals surface area (Å²) in [6, 6.07) is -0.715. The minimum absolute atomic E-state index is 0.0457. The SMILES string of the molecule is CC/C=C\C/C=C\C/C=C\C/C=C\C/C=C\C/C=C\CCC(=O)OC(CCCCCCCCCC)CC(=O)NC(CO)C(O)CCCCCCCCCCCCCCC. The van der Waals surface area contributed by atoms with E-state index in [0.29, 0.717) is 19.3 Å². The number of carbonyl (C=O) groups excluding carboxylic acids is 2. The minimum atomic E-state index is -0.799. The Labute approximate surface area is 364 Å². The highest BCUT2D eigenvalue weighted by Crippen LogP contribution is 2.17. The van der Waals surface area contributed by atoms with E-state index >= 15 is 0 Å². The molecule has 0 saturated carbocycles. The molecule has 0 aliphatic carbocycles. The minimum Gasteiger partial charge on any atom is -0.462 e. The summed E-state index contributed by atoms with van der Waals surface area (Å²) >= 11 is 0. The Kier molecular flexibility index (Phi) is 44.2. The molecule has 1 amide bonds. The Balaban J connectivity index is 4.56. The first-order chi connectivity index (χ1) is 29.0. The van der Waals surface area contributed by atoms with E-state index in [-0.39, 0.29) is 31.3 Å². The van der Waals surface area contributed by atoms with Crippen LogP contribution in [0.4, 0.5) is 0 Å². The molecule has 0 aliphatic heterocycles. The Morgan fingerprint density at radius 2 is 0.881 bits per heavy atom. The molecule has 0 bridgehead atoms. The maximum Gasteiger partial charge on any atom is 0.306 e. The lowest BCUT2D eigenvalue weighted by molar-refractivity contribution is -0.150. The molecule has 0 rings (SSSR count). The lowest BCUT2D eigenvalue weighted by Crippen LogP contribution is -2.46. The molecule has 3 atom stereocenters. The predicted octanol–water partition coefficient (Wildman–Crippen LogP) is 14.6. The third-order valence-corrected chi connectivity index (χ3v) is 10.8. The Bertz CT molecular complexity index is 1110. The summed E-state index contributed by atoms with van der Waals surface area (Å²) in [6.07, 6.45) is 58.3. The summed E-state index contributed by atoms with van der Waals surface area (Å²) in [5.41, 5.74) is 0. The average Bonchev–Trinajstić information content (AvgIpc) is 3.23. The number of nitrogens with one attached hydrogen (secondary N) is 1. The number of amides is 1. The molecular weight excluding hydrogens is 731 g/mol.